The van der Waals surface area contributed by atoms with E-state index in [1.165, 1.54) is 0 Å². The highest BCUT2D eigenvalue weighted by Crippen LogP contribution is 2.43. The van der Waals surface area contributed by atoms with Gasteiger partial charge in [-0.1, -0.05) is 5.16 Å². The molecule has 3 rings (SSSR count). The first-order chi connectivity index (χ1) is 9.66. The van der Waals surface area contributed by atoms with E-state index in [9.17, 15) is 0 Å². The van der Waals surface area contributed by atoms with E-state index in [0.717, 1.165) is 44.6 Å². The summed E-state index contributed by atoms with van der Waals surface area (Å²) in [4.78, 5) is 6.72. The molecule has 6 heteroatoms. The zero-order chi connectivity index (χ0) is 14.2. The van der Waals surface area contributed by atoms with Crippen molar-refractivity contribution >= 4 is 0 Å². The van der Waals surface area contributed by atoms with Gasteiger partial charge in [-0.2, -0.15) is 4.98 Å². The van der Waals surface area contributed by atoms with Crippen molar-refractivity contribution in [3.05, 3.63) is 11.7 Å². The SMILES string of the molecule is CO[C@@H]1CC[C@@]2(OC)CCN(Cc3noc(C)n3)[C@H]2C1. The average molecular weight is 281 g/mol. The zero-order valence-corrected chi connectivity index (χ0v) is 12.5. The quantitative estimate of drug-likeness (QED) is 0.834. The molecule has 2 heterocycles. The molecule has 0 spiro atoms. The molecule has 0 aromatic carbocycles. The van der Waals surface area contributed by atoms with Gasteiger partial charge >= 0.3 is 0 Å². The highest BCUT2D eigenvalue weighted by molar-refractivity contribution is 5.06. The van der Waals surface area contributed by atoms with Crippen LogP contribution in [0.5, 0.6) is 0 Å². The number of likely N-dealkylation sites (tertiary alicyclic amines) is 1. The summed E-state index contributed by atoms with van der Waals surface area (Å²) in [7, 11) is 3.63. The standard InChI is InChI=1S/C14H23N3O3/c1-10-15-13(16-20-10)9-17-7-6-14(19-3)5-4-11(18-2)8-12(14)17/h11-12H,4-9H2,1-3H3/t11-,12+,14-/m1/s1. The topological polar surface area (TPSA) is 60.6 Å². The second kappa shape index (κ2) is 5.42. The van der Waals surface area contributed by atoms with Crippen molar-refractivity contribution in [1.29, 1.82) is 0 Å². The molecule has 112 valence electrons. The van der Waals surface area contributed by atoms with Crippen molar-refractivity contribution in [1.82, 2.24) is 15.0 Å². The third-order valence-electron chi connectivity index (χ3n) is 4.90. The molecule has 0 amide bonds. The number of rotatable bonds is 4. The van der Waals surface area contributed by atoms with Crippen molar-refractivity contribution in [2.45, 2.75) is 56.9 Å². The highest BCUT2D eigenvalue weighted by atomic mass is 16.5. The third kappa shape index (κ3) is 2.36. The first kappa shape index (κ1) is 14.0. The second-order valence-corrected chi connectivity index (χ2v) is 5.87. The van der Waals surface area contributed by atoms with Crippen molar-refractivity contribution in [2.24, 2.45) is 0 Å². The molecule has 1 aromatic heterocycles. The lowest BCUT2D eigenvalue weighted by Crippen LogP contribution is -2.51. The molecule has 1 aliphatic heterocycles. The van der Waals surface area contributed by atoms with Gasteiger partial charge in [-0.3, -0.25) is 4.90 Å². The van der Waals surface area contributed by atoms with Crippen molar-refractivity contribution < 1.29 is 14.0 Å². The van der Waals surface area contributed by atoms with Crippen LogP contribution in [0.3, 0.4) is 0 Å². The maximum Gasteiger partial charge on any atom is 0.223 e. The summed E-state index contributed by atoms with van der Waals surface area (Å²) in [6, 6.07) is 0.380. The first-order valence-corrected chi connectivity index (χ1v) is 7.28. The summed E-state index contributed by atoms with van der Waals surface area (Å²) in [5.41, 5.74) is -0.0200. The number of aryl methyl sites for hydroxylation is 1. The van der Waals surface area contributed by atoms with Gasteiger partial charge in [0.15, 0.2) is 5.82 Å². The van der Waals surface area contributed by atoms with Crippen LogP contribution in [0, 0.1) is 6.92 Å². The van der Waals surface area contributed by atoms with E-state index in [0.29, 0.717) is 18.0 Å². The maximum absolute atomic E-state index is 5.91. The molecule has 1 saturated carbocycles. The van der Waals surface area contributed by atoms with Crippen LogP contribution in [-0.2, 0) is 16.0 Å². The molecular weight excluding hydrogens is 258 g/mol. The van der Waals surface area contributed by atoms with E-state index in [1.54, 1.807) is 7.11 Å². The Hall–Kier alpha value is -0.980. The Kier molecular flexibility index (Phi) is 3.79. The van der Waals surface area contributed by atoms with E-state index < -0.39 is 0 Å². The second-order valence-electron chi connectivity index (χ2n) is 5.87. The molecule has 0 radical (unpaired) electrons. The summed E-state index contributed by atoms with van der Waals surface area (Å²) in [5.74, 6) is 1.38. The number of hydrogen-bond donors (Lipinski definition) is 0. The number of methoxy groups -OCH3 is 2. The molecule has 2 aliphatic rings. The number of hydrogen-bond acceptors (Lipinski definition) is 6. The van der Waals surface area contributed by atoms with Crippen LogP contribution in [0.25, 0.3) is 0 Å². The molecular formula is C14H23N3O3. The smallest absolute Gasteiger partial charge is 0.223 e. The highest BCUT2D eigenvalue weighted by Gasteiger charge is 2.51. The van der Waals surface area contributed by atoms with Gasteiger partial charge in [0.1, 0.15) is 0 Å². The van der Waals surface area contributed by atoms with Crippen LogP contribution in [0.2, 0.25) is 0 Å². The molecule has 20 heavy (non-hydrogen) atoms. The Morgan fingerprint density at radius 2 is 2.25 bits per heavy atom. The van der Waals surface area contributed by atoms with Crippen LogP contribution in [0.4, 0.5) is 0 Å². The van der Waals surface area contributed by atoms with E-state index in [2.05, 4.69) is 15.0 Å². The van der Waals surface area contributed by atoms with Crippen LogP contribution in [-0.4, -0.2) is 53.6 Å². The normalized spacial score (nSPS) is 34.4. The summed E-state index contributed by atoms with van der Waals surface area (Å²) < 4.78 is 16.5. The molecule has 2 fully saturated rings. The van der Waals surface area contributed by atoms with Gasteiger partial charge in [-0.25, -0.2) is 0 Å². The van der Waals surface area contributed by atoms with Crippen molar-refractivity contribution in [3.8, 4) is 0 Å². The zero-order valence-electron chi connectivity index (χ0n) is 12.5. The van der Waals surface area contributed by atoms with Gasteiger partial charge in [0.05, 0.1) is 18.2 Å². The fraction of sp³-hybridized carbons (Fsp3) is 0.857. The number of fused-ring (bicyclic) bond motifs is 1. The number of aromatic nitrogens is 2. The fourth-order valence-corrected chi connectivity index (χ4v) is 3.75. The Bertz CT molecular complexity index is 464. The minimum absolute atomic E-state index is 0.0200. The minimum Gasteiger partial charge on any atom is -0.381 e. The molecule has 6 nitrogen and oxygen atoms in total. The molecule has 3 atom stereocenters. The van der Waals surface area contributed by atoms with Gasteiger partial charge in [-0.15, -0.1) is 0 Å². The Balaban J connectivity index is 1.75. The average Bonchev–Trinajstić information content (AvgIpc) is 3.04. The third-order valence-corrected chi connectivity index (χ3v) is 4.90. The van der Waals surface area contributed by atoms with Crippen LogP contribution in [0.1, 0.15) is 37.4 Å². The predicted molar refractivity (Wildman–Crippen MR) is 72.2 cm³/mol. The van der Waals surface area contributed by atoms with Gasteiger partial charge < -0.3 is 14.0 Å². The Labute approximate surface area is 119 Å². The lowest BCUT2D eigenvalue weighted by Gasteiger charge is -2.43. The molecule has 0 unspecified atom stereocenters. The van der Waals surface area contributed by atoms with Gasteiger partial charge in [-0.05, 0) is 25.7 Å². The fourth-order valence-electron chi connectivity index (χ4n) is 3.75. The first-order valence-electron chi connectivity index (χ1n) is 7.28. The Morgan fingerprint density at radius 3 is 2.90 bits per heavy atom. The van der Waals surface area contributed by atoms with E-state index in [-0.39, 0.29) is 5.60 Å². The van der Waals surface area contributed by atoms with Crippen molar-refractivity contribution in [3.63, 3.8) is 0 Å². The van der Waals surface area contributed by atoms with Crippen LogP contribution < -0.4 is 0 Å². The minimum atomic E-state index is -0.0200. The largest absolute Gasteiger partial charge is 0.381 e. The summed E-state index contributed by atoms with van der Waals surface area (Å²) in [6.07, 6.45) is 4.56. The molecule has 1 aliphatic carbocycles. The number of nitrogens with zero attached hydrogens (tertiary/aromatic N) is 3. The van der Waals surface area contributed by atoms with Gasteiger partial charge in [0.2, 0.25) is 5.89 Å². The molecule has 0 bridgehead atoms. The molecule has 0 N–H and O–H groups in total. The molecule has 1 aromatic rings. The number of ether oxygens (including phenoxy) is 2. The lowest BCUT2D eigenvalue weighted by atomic mass is 9.79. The van der Waals surface area contributed by atoms with E-state index >= 15 is 0 Å². The summed E-state index contributed by atoms with van der Waals surface area (Å²) in [5, 5.41) is 4.00. The Morgan fingerprint density at radius 1 is 1.40 bits per heavy atom. The van der Waals surface area contributed by atoms with Crippen LogP contribution in [0.15, 0.2) is 4.52 Å². The predicted octanol–water partition coefficient (Wildman–Crippen LogP) is 1.54. The maximum atomic E-state index is 5.91. The summed E-state index contributed by atoms with van der Waals surface area (Å²) >= 11 is 0. The van der Waals surface area contributed by atoms with Crippen molar-refractivity contribution in [2.75, 3.05) is 20.8 Å². The molecule has 1 saturated heterocycles. The van der Waals surface area contributed by atoms with E-state index in [4.69, 9.17) is 14.0 Å². The van der Waals surface area contributed by atoms with Crippen LogP contribution >= 0.6 is 0 Å². The van der Waals surface area contributed by atoms with E-state index in [1.807, 2.05) is 14.0 Å². The van der Waals surface area contributed by atoms with Gasteiger partial charge in [0.25, 0.3) is 0 Å². The summed E-state index contributed by atoms with van der Waals surface area (Å²) in [6.45, 7) is 3.56. The lowest BCUT2D eigenvalue weighted by molar-refractivity contribution is -0.0950. The van der Waals surface area contributed by atoms with Gasteiger partial charge in [0, 0.05) is 33.7 Å². The monoisotopic (exact) mass is 281 g/mol.